The zero-order valence-corrected chi connectivity index (χ0v) is 11.7. The number of benzene rings is 2. The van der Waals surface area contributed by atoms with Crippen molar-refractivity contribution in [1.82, 2.24) is 5.48 Å². The summed E-state index contributed by atoms with van der Waals surface area (Å²) in [5, 5.41) is 17.1. The molecule has 0 saturated heterocycles. The van der Waals surface area contributed by atoms with Gasteiger partial charge >= 0.3 is 0 Å². The molecule has 0 aliphatic carbocycles. The first-order valence-electron chi connectivity index (χ1n) is 6.57. The van der Waals surface area contributed by atoms with Gasteiger partial charge in [0.05, 0.1) is 11.6 Å². The van der Waals surface area contributed by atoms with Crippen LogP contribution in [-0.4, -0.2) is 17.7 Å². The van der Waals surface area contributed by atoms with Crippen LogP contribution in [0.1, 0.15) is 5.56 Å². The maximum Gasteiger partial charge on any atom is 0.267 e. The van der Waals surface area contributed by atoms with Gasteiger partial charge in [0.2, 0.25) is 0 Å². The Bertz CT molecular complexity index is 698. The molecule has 0 atom stereocenters. The zero-order valence-electron chi connectivity index (χ0n) is 11.7. The van der Waals surface area contributed by atoms with Crippen molar-refractivity contribution < 1.29 is 14.7 Å². The molecule has 2 aromatic carbocycles. The molecule has 2 aromatic rings. The first-order valence-corrected chi connectivity index (χ1v) is 6.57. The van der Waals surface area contributed by atoms with Crippen LogP contribution in [0.25, 0.3) is 11.1 Å². The van der Waals surface area contributed by atoms with E-state index in [0.29, 0.717) is 11.3 Å². The van der Waals surface area contributed by atoms with Crippen LogP contribution in [0.15, 0.2) is 60.7 Å². The minimum absolute atomic E-state index is 0.226. The maximum atomic E-state index is 10.7. The quantitative estimate of drug-likeness (QED) is 0.504. The lowest BCUT2D eigenvalue weighted by molar-refractivity contribution is -0.124. The van der Waals surface area contributed by atoms with Gasteiger partial charge in [0.15, 0.2) is 0 Å². The van der Waals surface area contributed by atoms with Gasteiger partial charge in [0.1, 0.15) is 12.4 Å². The fraction of sp³-hybridized carbons (Fsp3) is 0.0588. The molecular formula is C17H14N2O3. The normalized spacial score (nSPS) is 10.2. The molecule has 0 aromatic heterocycles. The van der Waals surface area contributed by atoms with Gasteiger partial charge in [-0.3, -0.25) is 10.0 Å². The summed E-state index contributed by atoms with van der Waals surface area (Å²) in [4.78, 5) is 10.7. The van der Waals surface area contributed by atoms with Crippen LogP contribution >= 0.6 is 0 Å². The number of nitriles is 1. The monoisotopic (exact) mass is 294 g/mol. The lowest BCUT2D eigenvalue weighted by Crippen LogP contribution is -2.15. The smallest absolute Gasteiger partial charge is 0.267 e. The van der Waals surface area contributed by atoms with Crippen LogP contribution < -0.4 is 10.2 Å². The number of carbonyl (C=O) groups excluding carboxylic acids is 1. The van der Waals surface area contributed by atoms with E-state index in [1.807, 2.05) is 36.4 Å². The molecule has 2 N–H and O–H groups in total. The number of hydroxylamine groups is 1. The summed E-state index contributed by atoms with van der Waals surface area (Å²) < 4.78 is 5.44. The van der Waals surface area contributed by atoms with E-state index in [9.17, 15) is 4.79 Å². The summed E-state index contributed by atoms with van der Waals surface area (Å²) in [6, 6.07) is 16.9. The number of carbonyl (C=O) groups is 1. The minimum atomic E-state index is -0.597. The number of nitrogens with one attached hydrogen (secondary N) is 1. The number of ether oxygens (including phenoxy) is 1. The molecule has 1 amide bonds. The van der Waals surface area contributed by atoms with Gasteiger partial charge in [-0.1, -0.05) is 24.3 Å². The van der Waals surface area contributed by atoms with Gasteiger partial charge in [-0.25, -0.2) is 5.48 Å². The number of hydrogen-bond acceptors (Lipinski definition) is 4. The maximum absolute atomic E-state index is 10.7. The van der Waals surface area contributed by atoms with Crippen LogP contribution in [-0.2, 0) is 4.79 Å². The summed E-state index contributed by atoms with van der Waals surface area (Å²) in [7, 11) is 0. The highest BCUT2D eigenvalue weighted by Crippen LogP contribution is 2.22. The molecule has 0 saturated carbocycles. The van der Waals surface area contributed by atoms with Crippen molar-refractivity contribution in [3.63, 3.8) is 0 Å². The predicted octanol–water partition coefficient (Wildman–Crippen LogP) is 2.67. The first kappa shape index (κ1) is 15.3. The van der Waals surface area contributed by atoms with Crippen molar-refractivity contribution in [3.8, 4) is 22.9 Å². The van der Waals surface area contributed by atoms with Crippen molar-refractivity contribution in [2.24, 2.45) is 0 Å². The van der Waals surface area contributed by atoms with Gasteiger partial charge in [-0.15, -0.1) is 0 Å². The van der Waals surface area contributed by atoms with E-state index in [1.165, 1.54) is 17.6 Å². The Balaban J connectivity index is 1.96. The number of amides is 1. The van der Waals surface area contributed by atoms with Crippen molar-refractivity contribution in [3.05, 3.63) is 66.2 Å². The Morgan fingerprint density at radius 3 is 2.27 bits per heavy atom. The third-order valence-electron chi connectivity index (χ3n) is 2.93. The SMILES string of the molecule is N#Cc1ccc(-c2ccc(OCC=CC(=O)NO)cc2)cc1. The Morgan fingerprint density at radius 2 is 1.73 bits per heavy atom. The van der Waals surface area contributed by atoms with Gasteiger partial charge < -0.3 is 4.74 Å². The van der Waals surface area contributed by atoms with Crippen molar-refractivity contribution in [2.45, 2.75) is 0 Å². The molecule has 110 valence electrons. The number of rotatable bonds is 5. The van der Waals surface area contributed by atoms with Crippen LogP contribution in [0.4, 0.5) is 0 Å². The zero-order chi connectivity index (χ0) is 15.8. The molecule has 0 aliphatic rings. The lowest BCUT2D eigenvalue weighted by Gasteiger charge is -2.05. The van der Waals surface area contributed by atoms with E-state index in [-0.39, 0.29) is 6.61 Å². The highest BCUT2D eigenvalue weighted by molar-refractivity contribution is 5.86. The summed E-state index contributed by atoms with van der Waals surface area (Å²) in [5.74, 6) is 0.0752. The Labute approximate surface area is 128 Å². The number of hydrogen-bond donors (Lipinski definition) is 2. The minimum Gasteiger partial charge on any atom is -0.490 e. The predicted molar refractivity (Wildman–Crippen MR) is 81.2 cm³/mol. The largest absolute Gasteiger partial charge is 0.490 e. The second-order valence-corrected chi connectivity index (χ2v) is 4.40. The molecular weight excluding hydrogens is 280 g/mol. The molecule has 0 radical (unpaired) electrons. The van der Waals surface area contributed by atoms with Gasteiger partial charge in [-0.2, -0.15) is 5.26 Å². The highest BCUT2D eigenvalue weighted by atomic mass is 16.5. The fourth-order valence-corrected chi connectivity index (χ4v) is 1.82. The van der Waals surface area contributed by atoms with E-state index in [1.54, 1.807) is 12.1 Å². The Kier molecular flexibility index (Phi) is 5.30. The molecule has 0 aliphatic heterocycles. The number of nitrogens with zero attached hydrogens (tertiary/aromatic N) is 1. The van der Waals surface area contributed by atoms with Crippen molar-refractivity contribution >= 4 is 5.91 Å². The molecule has 5 nitrogen and oxygen atoms in total. The molecule has 22 heavy (non-hydrogen) atoms. The van der Waals surface area contributed by atoms with E-state index in [4.69, 9.17) is 15.2 Å². The molecule has 0 fully saturated rings. The van der Waals surface area contributed by atoms with Crippen molar-refractivity contribution in [1.29, 1.82) is 5.26 Å². The topological polar surface area (TPSA) is 82.3 Å². The van der Waals surface area contributed by atoms with Crippen LogP contribution in [0.3, 0.4) is 0 Å². The summed E-state index contributed by atoms with van der Waals surface area (Å²) in [6.45, 7) is 0.226. The summed E-state index contributed by atoms with van der Waals surface area (Å²) >= 11 is 0. The second-order valence-electron chi connectivity index (χ2n) is 4.40. The summed E-state index contributed by atoms with van der Waals surface area (Å²) in [5.41, 5.74) is 4.16. The fourth-order valence-electron chi connectivity index (χ4n) is 1.82. The lowest BCUT2D eigenvalue weighted by atomic mass is 10.0. The van der Waals surface area contributed by atoms with Crippen LogP contribution in [0.5, 0.6) is 5.75 Å². The van der Waals surface area contributed by atoms with E-state index in [0.717, 1.165) is 11.1 Å². The highest BCUT2D eigenvalue weighted by Gasteiger charge is 1.99. The third-order valence-corrected chi connectivity index (χ3v) is 2.93. The Hall–Kier alpha value is -3.10. The molecule has 5 heteroatoms. The van der Waals surface area contributed by atoms with Gasteiger partial charge in [0, 0.05) is 6.08 Å². The average Bonchev–Trinajstić information content (AvgIpc) is 2.59. The second kappa shape index (κ2) is 7.62. The van der Waals surface area contributed by atoms with Crippen LogP contribution in [0, 0.1) is 11.3 Å². The molecule has 0 unspecified atom stereocenters. The van der Waals surface area contributed by atoms with E-state index < -0.39 is 5.91 Å². The van der Waals surface area contributed by atoms with Crippen molar-refractivity contribution in [2.75, 3.05) is 6.61 Å². The van der Waals surface area contributed by atoms with E-state index >= 15 is 0 Å². The standard InChI is InChI=1S/C17H14N2O3/c18-12-13-3-5-14(6-4-13)15-7-9-16(10-8-15)22-11-1-2-17(20)19-21/h1-10,21H,11H2,(H,19,20). The van der Waals surface area contributed by atoms with Gasteiger partial charge in [-0.05, 0) is 41.5 Å². The van der Waals surface area contributed by atoms with Crippen LogP contribution in [0.2, 0.25) is 0 Å². The van der Waals surface area contributed by atoms with E-state index in [2.05, 4.69) is 6.07 Å². The summed E-state index contributed by atoms with van der Waals surface area (Å²) in [6.07, 6.45) is 2.69. The Morgan fingerprint density at radius 1 is 1.14 bits per heavy atom. The average molecular weight is 294 g/mol. The third kappa shape index (κ3) is 4.20. The molecule has 2 rings (SSSR count). The molecule has 0 spiro atoms. The molecule has 0 bridgehead atoms. The molecule has 0 heterocycles. The van der Waals surface area contributed by atoms with Gasteiger partial charge in [0.25, 0.3) is 5.91 Å². The first-order chi connectivity index (χ1) is 10.7.